The third kappa shape index (κ3) is 5.07. The second-order valence-corrected chi connectivity index (χ2v) is 4.04. The topological polar surface area (TPSA) is 69.7 Å². The van der Waals surface area contributed by atoms with E-state index in [1.54, 1.807) is 0 Å². The summed E-state index contributed by atoms with van der Waals surface area (Å²) < 4.78 is 53.8. The molecule has 0 fully saturated rings. The van der Waals surface area contributed by atoms with Gasteiger partial charge in [-0.15, -0.1) is 0 Å². The molecule has 0 N–H and O–H groups in total. The second kappa shape index (κ2) is 4.65. The predicted octanol–water partition coefficient (Wildman–Crippen LogP) is 0.161. The highest BCUT2D eigenvalue weighted by atomic mass is 32.2. The summed E-state index contributed by atoms with van der Waals surface area (Å²) in [7, 11) is -3.99. The summed E-state index contributed by atoms with van der Waals surface area (Å²) in [5.74, 6) is -5.75. The number of ether oxygens (including phenoxy) is 1. The molecule has 0 rings (SSSR count). The number of hydrogen-bond donors (Lipinski definition) is 0. The Labute approximate surface area is 80.1 Å². The molecule has 0 aliphatic rings. The minimum atomic E-state index is -3.99. The molecular weight excluding hydrogens is 222 g/mol. The molecule has 0 saturated carbocycles. The molecule has 5 nitrogen and oxygen atoms in total. The molecule has 0 unspecified atom stereocenters. The normalized spacial score (nSPS) is 12.6. The van der Waals surface area contributed by atoms with Crippen molar-refractivity contribution in [3.63, 3.8) is 0 Å². The summed E-state index contributed by atoms with van der Waals surface area (Å²) in [4.78, 5) is 10.5. The molecule has 0 atom stereocenters. The zero-order valence-corrected chi connectivity index (χ0v) is 8.44. The molecule has 0 aliphatic heterocycles. The summed E-state index contributed by atoms with van der Waals surface area (Å²) >= 11 is 0. The predicted molar refractivity (Wildman–Crippen MR) is 42.4 cm³/mol. The van der Waals surface area contributed by atoms with Gasteiger partial charge in [-0.05, 0) is 6.92 Å². The van der Waals surface area contributed by atoms with Gasteiger partial charge in [-0.1, -0.05) is 0 Å². The Morgan fingerprint density at radius 3 is 2.29 bits per heavy atom. The lowest BCUT2D eigenvalue weighted by Crippen LogP contribution is -2.36. The SMILES string of the molecule is CCOC(=O)C(F)(F)COS(C)(=O)=O. The van der Waals surface area contributed by atoms with Crippen molar-refractivity contribution >= 4 is 16.1 Å². The fourth-order valence-corrected chi connectivity index (χ4v) is 0.839. The van der Waals surface area contributed by atoms with E-state index in [1.807, 2.05) is 0 Å². The Kier molecular flexibility index (Phi) is 4.40. The maximum atomic E-state index is 12.7. The van der Waals surface area contributed by atoms with Gasteiger partial charge in [0.1, 0.15) is 6.61 Å². The monoisotopic (exact) mass is 232 g/mol. The molecule has 8 heteroatoms. The largest absolute Gasteiger partial charge is 0.461 e. The number of carbonyl (C=O) groups excluding carboxylic acids is 1. The summed E-state index contributed by atoms with van der Waals surface area (Å²) in [6.45, 7) is -0.399. The van der Waals surface area contributed by atoms with Crippen molar-refractivity contribution in [1.82, 2.24) is 0 Å². The number of rotatable bonds is 5. The Balaban J connectivity index is 4.27. The van der Waals surface area contributed by atoms with Gasteiger partial charge in [-0.3, -0.25) is 4.18 Å². The zero-order valence-electron chi connectivity index (χ0n) is 7.62. The van der Waals surface area contributed by atoms with E-state index in [0.29, 0.717) is 6.26 Å². The maximum Gasteiger partial charge on any atom is 0.379 e. The van der Waals surface area contributed by atoms with Gasteiger partial charge < -0.3 is 4.74 Å². The Morgan fingerprint density at radius 1 is 1.43 bits per heavy atom. The third-order valence-electron chi connectivity index (χ3n) is 1.03. The molecule has 0 aromatic rings. The fraction of sp³-hybridized carbons (Fsp3) is 0.833. The quantitative estimate of drug-likeness (QED) is 0.499. The molecule has 0 radical (unpaired) electrons. The summed E-state index contributed by atoms with van der Waals surface area (Å²) in [5.41, 5.74) is 0. The first-order valence-electron chi connectivity index (χ1n) is 3.58. The van der Waals surface area contributed by atoms with E-state index in [-0.39, 0.29) is 6.61 Å². The highest BCUT2D eigenvalue weighted by Gasteiger charge is 2.42. The molecular formula is C6H10F2O5S. The average Bonchev–Trinajstić information content (AvgIpc) is 2.00. The van der Waals surface area contributed by atoms with Gasteiger partial charge in [-0.25, -0.2) is 4.79 Å². The van der Waals surface area contributed by atoms with Gasteiger partial charge in [0.05, 0.1) is 12.9 Å². The number of alkyl halides is 2. The Hall–Kier alpha value is -0.760. The van der Waals surface area contributed by atoms with Crippen LogP contribution in [0.3, 0.4) is 0 Å². The van der Waals surface area contributed by atoms with Crippen molar-refractivity contribution in [1.29, 1.82) is 0 Å². The lowest BCUT2D eigenvalue weighted by atomic mass is 10.4. The molecule has 14 heavy (non-hydrogen) atoms. The zero-order chi connectivity index (χ0) is 11.4. The van der Waals surface area contributed by atoms with Gasteiger partial charge >= 0.3 is 11.9 Å². The van der Waals surface area contributed by atoms with Crippen LogP contribution in [0.1, 0.15) is 6.92 Å². The van der Waals surface area contributed by atoms with Crippen molar-refractivity contribution in [3.8, 4) is 0 Å². The number of hydrogen-bond acceptors (Lipinski definition) is 5. The van der Waals surface area contributed by atoms with Gasteiger partial charge in [0.15, 0.2) is 0 Å². The smallest absolute Gasteiger partial charge is 0.379 e. The van der Waals surface area contributed by atoms with E-state index in [0.717, 1.165) is 0 Å². The highest BCUT2D eigenvalue weighted by molar-refractivity contribution is 7.85. The van der Waals surface area contributed by atoms with Gasteiger partial charge in [0, 0.05) is 0 Å². The minimum absolute atomic E-state index is 0.215. The van der Waals surface area contributed by atoms with Crippen LogP contribution in [0, 0.1) is 0 Å². The van der Waals surface area contributed by atoms with Crippen LogP contribution in [0.15, 0.2) is 0 Å². The van der Waals surface area contributed by atoms with Crippen LogP contribution in [0.5, 0.6) is 0 Å². The molecule has 0 heterocycles. The van der Waals surface area contributed by atoms with E-state index in [2.05, 4.69) is 8.92 Å². The van der Waals surface area contributed by atoms with E-state index >= 15 is 0 Å². The average molecular weight is 232 g/mol. The first-order chi connectivity index (χ1) is 6.19. The van der Waals surface area contributed by atoms with Crippen molar-refractivity contribution < 1.29 is 30.9 Å². The second-order valence-electron chi connectivity index (χ2n) is 2.39. The highest BCUT2D eigenvalue weighted by Crippen LogP contribution is 2.16. The van der Waals surface area contributed by atoms with Crippen LogP contribution in [-0.4, -0.2) is 39.8 Å². The summed E-state index contributed by atoms with van der Waals surface area (Å²) in [6, 6.07) is 0. The van der Waals surface area contributed by atoms with Crippen LogP contribution in [0.4, 0.5) is 8.78 Å². The molecule has 84 valence electrons. The molecule has 0 aromatic carbocycles. The first kappa shape index (κ1) is 13.2. The Bertz CT molecular complexity index is 297. The molecule has 0 saturated heterocycles. The summed E-state index contributed by atoms with van der Waals surface area (Å²) in [6.07, 6.45) is 0.605. The lowest BCUT2D eigenvalue weighted by molar-refractivity contribution is -0.175. The van der Waals surface area contributed by atoms with E-state index in [9.17, 15) is 22.0 Å². The van der Waals surface area contributed by atoms with Crippen LogP contribution in [0.25, 0.3) is 0 Å². The van der Waals surface area contributed by atoms with Crippen LogP contribution >= 0.6 is 0 Å². The molecule has 0 bridgehead atoms. The Morgan fingerprint density at radius 2 is 1.93 bits per heavy atom. The van der Waals surface area contributed by atoms with Crippen LogP contribution in [-0.2, 0) is 23.8 Å². The van der Waals surface area contributed by atoms with Gasteiger partial charge in [0.2, 0.25) is 0 Å². The van der Waals surface area contributed by atoms with E-state index < -0.39 is 28.6 Å². The molecule has 0 aromatic heterocycles. The van der Waals surface area contributed by atoms with Crippen molar-refractivity contribution in [2.45, 2.75) is 12.8 Å². The lowest BCUT2D eigenvalue weighted by Gasteiger charge is -2.13. The third-order valence-corrected chi connectivity index (χ3v) is 1.57. The van der Waals surface area contributed by atoms with E-state index in [4.69, 9.17) is 0 Å². The number of carbonyl (C=O) groups is 1. The van der Waals surface area contributed by atoms with Crippen LogP contribution < -0.4 is 0 Å². The molecule has 0 spiro atoms. The van der Waals surface area contributed by atoms with Crippen molar-refractivity contribution in [3.05, 3.63) is 0 Å². The summed E-state index contributed by atoms with van der Waals surface area (Å²) in [5, 5.41) is 0. The minimum Gasteiger partial charge on any atom is -0.461 e. The van der Waals surface area contributed by atoms with Crippen molar-refractivity contribution in [2.24, 2.45) is 0 Å². The molecule has 0 amide bonds. The van der Waals surface area contributed by atoms with Crippen molar-refractivity contribution in [2.75, 3.05) is 19.5 Å². The molecule has 0 aliphatic carbocycles. The fourth-order valence-electron chi connectivity index (χ4n) is 0.477. The standard InChI is InChI=1S/C6H10F2O5S/c1-3-12-5(9)6(7,8)4-13-14(2,10)11/h3-4H2,1-2H3. The van der Waals surface area contributed by atoms with Gasteiger partial charge in [0.25, 0.3) is 10.1 Å². The number of halogens is 2. The number of esters is 1. The maximum absolute atomic E-state index is 12.7. The van der Waals surface area contributed by atoms with Gasteiger partial charge in [-0.2, -0.15) is 17.2 Å². The van der Waals surface area contributed by atoms with E-state index in [1.165, 1.54) is 6.92 Å². The first-order valence-corrected chi connectivity index (χ1v) is 5.40. The van der Waals surface area contributed by atoms with Crippen LogP contribution in [0.2, 0.25) is 0 Å².